The first-order chi connectivity index (χ1) is 14.7. The van der Waals surface area contributed by atoms with Gasteiger partial charge in [0, 0.05) is 46.2 Å². The van der Waals surface area contributed by atoms with E-state index in [4.69, 9.17) is 4.99 Å². The molecule has 3 nitrogen and oxygen atoms in total. The highest BCUT2D eigenvalue weighted by Crippen LogP contribution is 2.39. The fraction of sp³-hybridized carbons (Fsp3) is 0.222. The van der Waals surface area contributed by atoms with Crippen LogP contribution in [-0.4, -0.2) is 15.0 Å². The van der Waals surface area contributed by atoms with Gasteiger partial charge in [0.05, 0.1) is 16.6 Å². The molecule has 0 N–H and O–H groups in total. The summed E-state index contributed by atoms with van der Waals surface area (Å²) in [4.78, 5) is 5.06. The maximum absolute atomic E-state index is 5.06. The molecule has 0 unspecified atom stereocenters. The lowest BCUT2D eigenvalue weighted by molar-refractivity contribution is 1.01. The summed E-state index contributed by atoms with van der Waals surface area (Å²) < 4.78 is 4.70. The average molecular weight is 394 g/mol. The second kappa shape index (κ2) is 7.17. The molecule has 0 aliphatic carbocycles. The van der Waals surface area contributed by atoms with Gasteiger partial charge in [-0.2, -0.15) is 0 Å². The van der Waals surface area contributed by atoms with Gasteiger partial charge in [0.1, 0.15) is 5.84 Å². The van der Waals surface area contributed by atoms with Gasteiger partial charge in [0.25, 0.3) is 0 Å². The zero-order valence-electron chi connectivity index (χ0n) is 18.1. The lowest BCUT2D eigenvalue weighted by Crippen LogP contribution is -2.11. The highest BCUT2D eigenvalue weighted by Gasteiger charge is 2.19. The molecule has 0 amide bonds. The van der Waals surface area contributed by atoms with Crippen LogP contribution in [0.5, 0.6) is 0 Å². The number of nitrogens with zero attached hydrogens (tertiary/aromatic N) is 3. The molecular weight excluding hydrogens is 366 g/mol. The third-order valence-electron chi connectivity index (χ3n) is 6.09. The van der Waals surface area contributed by atoms with Crippen molar-refractivity contribution in [3.05, 3.63) is 72.4 Å². The summed E-state index contributed by atoms with van der Waals surface area (Å²) in [5.74, 6) is 1.09. The van der Waals surface area contributed by atoms with Crippen LogP contribution in [0.1, 0.15) is 33.6 Å². The van der Waals surface area contributed by atoms with Crippen LogP contribution >= 0.6 is 0 Å². The Balaban J connectivity index is 2.04. The second-order valence-electron chi connectivity index (χ2n) is 7.92. The van der Waals surface area contributed by atoms with Crippen molar-refractivity contribution in [2.45, 2.75) is 33.6 Å². The van der Waals surface area contributed by atoms with E-state index in [9.17, 15) is 0 Å². The van der Waals surface area contributed by atoms with Gasteiger partial charge < -0.3 is 4.57 Å². The van der Waals surface area contributed by atoms with Crippen LogP contribution < -0.4 is 0 Å². The smallest absolute Gasteiger partial charge is 0.113 e. The van der Waals surface area contributed by atoms with Gasteiger partial charge in [0.2, 0.25) is 0 Å². The zero-order chi connectivity index (χ0) is 20.8. The van der Waals surface area contributed by atoms with Crippen LogP contribution in [0.15, 0.2) is 77.4 Å². The van der Waals surface area contributed by atoms with E-state index in [0.717, 1.165) is 24.4 Å². The molecule has 2 aromatic heterocycles. The van der Waals surface area contributed by atoms with Gasteiger partial charge >= 0.3 is 0 Å². The van der Waals surface area contributed by atoms with Crippen molar-refractivity contribution < 1.29 is 0 Å². The Kier molecular flexibility index (Phi) is 4.47. The van der Waals surface area contributed by atoms with Gasteiger partial charge in [0.15, 0.2) is 0 Å². The minimum atomic E-state index is 0.865. The van der Waals surface area contributed by atoms with Crippen LogP contribution in [0.2, 0.25) is 0 Å². The molecule has 0 saturated carbocycles. The molecule has 0 aliphatic heterocycles. The first kappa shape index (κ1) is 18.7. The number of fused-ring (bicyclic) bond motifs is 7. The van der Waals surface area contributed by atoms with Gasteiger partial charge in [-0.15, -0.1) is 0 Å². The number of aliphatic imine (C=N–C) groups is 1. The predicted octanol–water partition coefficient (Wildman–Crippen LogP) is 7.41. The minimum Gasteiger partial charge on any atom is -0.344 e. The summed E-state index contributed by atoms with van der Waals surface area (Å²) in [6.45, 7) is 6.45. The topological polar surface area (TPSA) is 22.2 Å². The quantitative estimate of drug-likeness (QED) is 0.225. The Labute approximate surface area is 176 Å². The molecule has 0 radical (unpaired) electrons. The largest absolute Gasteiger partial charge is 0.344 e. The third-order valence-corrected chi connectivity index (χ3v) is 6.09. The molecule has 150 valence electrons. The van der Waals surface area contributed by atoms with Crippen LogP contribution in [0.25, 0.3) is 43.6 Å². The van der Waals surface area contributed by atoms with Crippen LogP contribution in [0, 0.1) is 0 Å². The van der Waals surface area contributed by atoms with Crippen molar-refractivity contribution in [2.75, 3.05) is 0 Å². The molecule has 2 heterocycles. The van der Waals surface area contributed by atoms with E-state index in [0.29, 0.717) is 0 Å². The number of aromatic nitrogens is 2. The number of para-hydroxylation sites is 2. The minimum absolute atomic E-state index is 0.865. The fourth-order valence-electron chi connectivity index (χ4n) is 4.80. The molecule has 0 fully saturated rings. The van der Waals surface area contributed by atoms with E-state index in [-0.39, 0.29) is 0 Å². The summed E-state index contributed by atoms with van der Waals surface area (Å²) in [5.41, 5.74) is 6.07. The van der Waals surface area contributed by atoms with E-state index >= 15 is 0 Å². The van der Waals surface area contributed by atoms with E-state index in [1.165, 1.54) is 43.6 Å². The van der Waals surface area contributed by atoms with Crippen molar-refractivity contribution in [2.24, 2.45) is 12.0 Å². The molecule has 0 spiro atoms. The van der Waals surface area contributed by atoms with Crippen molar-refractivity contribution in [3.8, 4) is 0 Å². The monoisotopic (exact) mass is 393 g/mol. The Bertz CT molecular complexity index is 1470. The average Bonchev–Trinajstić information content (AvgIpc) is 3.25. The molecule has 5 rings (SSSR count). The van der Waals surface area contributed by atoms with Gasteiger partial charge in [-0.25, -0.2) is 4.99 Å². The summed E-state index contributed by atoms with van der Waals surface area (Å²) in [6.07, 6.45) is 4.05. The van der Waals surface area contributed by atoms with Gasteiger partial charge in [-0.3, -0.25) is 4.57 Å². The Morgan fingerprint density at radius 1 is 0.833 bits per heavy atom. The molecular formula is C27H27N3. The SMILES string of the molecule is CC/C=C(\C)N=C(CC)n1c2ccccc2c2ccc3c(c4ccccc4n3C)c21. The molecule has 3 aromatic carbocycles. The lowest BCUT2D eigenvalue weighted by Gasteiger charge is -2.11. The number of benzene rings is 3. The molecule has 0 aliphatic rings. The molecule has 0 atom stereocenters. The van der Waals surface area contributed by atoms with Gasteiger partial charge in [-0.1, -0.05) is 62.4 Å². The van der Waals surface area contributed by atoms with E-state index in [1.54, 1.807) is 0 Å². The van der Waals surface area contributed by atoms with Crippen molar-refractivity contribution in [3.63, 3.8) is 0 Å². The number of hydrogen-bond acceptors (Lipinski definition) is 1. The van der Waals surface area contributed by atoms with E-state index < -0.39 is 0 Å². The Morgan fingerprint density at radius 3 is 2.27 bits per heavy atom. The number of aryl methyl sites for hydroxylation is 1. The Morgan fingerprint density at radius 2 is 1.53 bits per heavy atom. The molecule has 0 saturated heterocycles. The molecule has 5 aromatic rings. The second-order valence-corrected chi connectivity index (χ2v) is 7.92. The maximum atomic E-state index is 5.06. The normalized spacial score (nSPS) is 13.3. The maximum Gasteiger partial charge on any atom is 0.113 e. The summed E-state index contributed by atoms with van der Waals surface area (Å²) in [7, 11) is 2.16. The number of allylic oxidation sites excluding steroid dienone is 2. The van der Waals surface area contributed by atoms with E-state index in [1.807, 2.05) is 0 Å². The zero-order valence-corrected chi connectivity index (χ0v) is 18.1. The van der Waals surface area contributed by atoms with Crippen LogP contribution in [0.3, 0.4) is 0 Å². The van der Waals surface area contributed by atoms with Crippen LogP contribution in [-0.2, 0) is 7.05 Å². The summed E-state index contributed by atoms with van der Waals surface area (Å²) in [6, 6.07) is 21.9. The summed E-state index contributed by atoms with van der Waals surface area (Å²) in [5, 5.41) is 5.16. The van der Waals surface area contributed by atoms with Crippen LogP contribution in [0.4, 0.5) is 0 Å². The number of hydrogen-bond donors (Lipinski definition) is 0. The predicted molar refractivity (Wildman–Crippen MR) is 131 cm³/mol. The van der Waals surface area contributed by atoms with Crippen molar-refractivity contribution >= 4 is 49.4 Å². The molecule has 0 bridgehead atoms. The lowest BCUT2D eigenvalue weighted by atomic mass is 10.1. The fourth-order valence-corrected chi connectivity index (χ4v) is 4.80. The number of rotatable bonds is 3. The van der Waals surface area contributed by atoms with Gasteiger partial charge in [-0.05, 0) is 31.5 Å². The van der Waals surface area contributed by atoms with E-state index in [2.05, 4.69) is 104 Å². The Hall–Kier alpha value is -3.33. The highest BCUT2D eigenvalue weighted by molar-refractivity contribution is 6.27. The highest BCUT2D eigenvalue weighted by atomic mass is 15.1. The molecule has 30 heavy (non-hydrogen) atoms. The first-order valence-corrected chi connectivity index (χ1v) is 10.8. The molecule has 3 heteroatoms. The standard InChI is InChI=1S/C27H27N3/c1-5-11-18(3)28-25(6-2)30-23-15-10-7-12-19(23)20-16-17-24-26(27(20)30)21-13-8-9-14-22(21)29(24)4/h7-17H,5-6H2,1-4H3/b18-11+,28-25?. The van der Waals surface area contributed by atoms with Crippen molar-refractivity contribution in [1.29, 1.82) is 0 Å². The van der Waals surface area contributed by atoms with Crippen molar-refractivity contribution in [1.82, 2.24) is 9.13 Å². The third kappa shape index (κ3) is 2.62. The summed E-state index contributed by atoms with van der Waals surface area (Å²) >= 11 is 0. The first-order valence-electron chi connectivity index (χ1n) is 10.8.